The minimum Gasteiger partial charge on any atom is -0.497 e. The molecular weight excluding hydrogens is 361 g/mol. The minimum atomic E-state index is -4.52. The predicted octanol–water partition coefficient (Wildman–Crippen LogP) is 4.04. The third kappa shape index (κ3) is 5.14. The largest absolute Gasteiger partial charge is 0.497 e. The average Bonchev–Trinajstić information content (AvgIpc) is 2.65. The highest BCUT2D eigenvalue weighted by molar-refractivity contribution is 5.94. The first-order chi connectivity index (χ1) is 12.8. The molecule has 142 valence electrons. The van der Waals surface area contributed by atoms with Crippen LogP contribution in [0.5, 0.6) is 11.5 Å². The lowest BCUT2D eigenvalue weighted by molar-refractivity contribution is -0.137. The van der Waals surface area contributed by atoms with Gasteiger partial charge in [-0.05, 0) is 42.0 Å². The van der Waals surface area contributed by atoms with Crippen LogP contribution in [-0.2, 0) is 17.4 Å². The highest BCUT2D eigenvalue weighted by Gasteiger charge is 2.30. The highest BCUT2D eigenvalue weighted by Crippen LogP contribution is 2.31. The van der Waals surface area contributed by atoms with E-state index in [-0.39, 0.29) is 12.1 Å². The Kier molecular flexibility index (Phi) is 6.29. The number of nitriles is 1. The van der Waals surface area contributed by atoms with Crippen molar-refractivity contribution in [3.63, 3.8) is 0 Å². The summed E-state index contributed by atoms with van der Waals surface area (Å²) in [6.45, 7) is 0. The minimum absolute atomic E-state index is 0.0155. The van der Waals surface area contributed by atoms with E-state index < -0.39 is 23.6 Å². The number of anilines is 1. The molecule has 27 heavy (non-hydrogen) atoms. The fourth-order valence-corrected chi connectivity index (χ4v) is 2.46. The summed E-state index contributed by atoms with van der Waals surface area (Å²) >= 11 is 0. The zero-order valence-corrected chi connectivity index (χ0v) is 14.6. The van der Waals surface area contributed by atoms with Crippen molar-refractivity contribution in [2.45, 2.75) is 12.6 Å². The Labute approximate surface area is 154 Å². The topological polar surface area (TPSA) is 71.3 Å². The Balaban J connectivity index is 2.19. The molecule has 0 bridgehead atoms. The normalized spacial score (nSPS) is 12.0. The Morgan fingerprint density at radius 2 is 1.93 bits per heavy atom. The van der Waals surface area contributed by atoms with Crippen LogP contribution < -0.4 is 14.8 Å². The van der Waals surface area contributed by atoms with E-state index in [2.05, 4.69) is 5.32 Å². The number of alkyl halides is 3. The monoisotopic (exact) mass is 378 g/mol. The molecule has 0 saturated heterocycles. The van der Waals surface area contributed by atoms with Crippen LogP contribution in [0.1, 0.15) is 11.1 Å². The number of amides is 1. The van der Waals surface area contributed by atoms with Gasteiger partial charge in [-0.2, -0.15) is 18.4 Å². The second-order valence-electron chi connectivity index (χ2n) is 5.63. The van der Waals surface area contributed by atoms with Gasteiger partial charge < -0.3 is 14.8 Å². The SMILES string of the molecule is COc1ccc(OC)c(CC(C#N)C(=O)Nc2cccc(C(F)(F)F)c2)c1. The first-order valence-electron chi connectivity index (χ1n) is 7.87. The van der Waals surface area contributed by atoms with Crippen molar-refractivity contribution in [3.05, 3.63) is 53.6 Å². The number of hydrogen-bond acceptors (Lipinski definition) is 4. The molecule has 2 aromatic carbocycles. The first-order valence-corrected chi connectivity index (χ1v) is 7.87. The fraction of sp³-hybridized carbons (Fsp3) is 0.263. The lowest BCUT2D eigenvalue weighted by Gasteiger charge is -2.14. The number of rotatable bonds is 6. The summed E-state index contributed by atoms with van der Waals surface area (Å²) < 4.78 is 48.7. The lowest BCUT2D eigenvalue weighted by atomic mass is 9.98. The van der Waals surface area contributed by atoms with E-state index in [1.807, 2.05) is 6.07 Å². The van der Waals surface area contributed by atoms with E-state index in [0.717, 1.165) is 12.1 Å². The van der Waals surface area contributed by atoms with Crippen LogP contribution in [0.4, 0.5) is 18.9 Å². The third-order valence-electron chi connectivity index (χ3n) is 3.84. The molecule has 5 nitrogen and oxygen atoms in total. The molecule has 0 aliphatic carbocycles. The van der Waals surface area contributed by atoms with E-state index in [4.69, 9.17) is 9.47 Å². The van der Waals surface area contributed by atoms with Crippen LogP contribution in [-0.4, -0.2) is 20.1 Å². The van der Waals surface area contributed by atoms with Gasteiger partial charge in [-0.25, -0.2) is 0 Å². The fourth-order valence-electron chi connectivity index (χ4n) is 2.46. The molecule has 0 saturated carbocycles. The van der Waals surface area contributed by atoms with Crippen LogP contribution in [0.15, 0.2) is 42.5 Å². The van der Waals surface area contributed by atoms with E-state index in [1.165, 1.54) is 26.4 Å². The maximum atomic E-state index is 12.8. The molecule has 0 fully saturated rings. The van der Waals surface area contributed by atoms with E-state index in [1.54, 1.807) is 18.2 Å². The summed E-state index contributed by atoms with van der Waals surface area (Å²) in [6.07, 6.45) is -4.51. The molecular formula is C19H17F3N2O3. The second-order valence-corrected chi connectivity index (χ2v) is 5.63. The van der Waals surface area contributed by atoms with Crippen LogP contribution in [0.3, 0.4) is 0 Å². The van der Waals surface area contributed by atoms with E-state index in [0.29, 0.717) is 17.1 Å². The number of nitrogens with one attached hydrogen (secondary N) is 1. The summed E-state index contributed by atoms with van der Waals surface area (Å²) in [7, 11) is 2.93. The van der Waals surface area contributed by atoms with Crippen molar-refractivity contribution in [2.75, 3.05) is 19.5 Å². The van der Waals surface area contributed by atoms with Gasteiger partial charge in [-0.3, -0.25) is 4.79 Å². The van der Waals surface area contributed by atoms with Crippen molar-refractivity contribution in [1.82, 2.24) is 0 Å². The summed E-state index contributed by atoms with van der Waals surface area (Å²) in [5, 5.41) is 11.7. The van der Waals surface area contributed by atoms with Crippen molar-refractivity contribution < 1.29 is 27.4 Å². The molecule has 0 aliphatic heterocycles. The number of carbonyl (C=O) groups is 1. The van der Waals surface area contributed by atoms with Crippen molar-refractivity contribution in [3.8, 4) is 17.6 Å². The number of carbonyl (C=O) groups excluding carboxylic acids is 1. The molecule has 1 N–H and O–H groups in total. The van der Waals surface area contributed by atoms with Crippen molar-refractivity contribution in [1.29, 1.82) is 5.26 Å². The van der Waals surface area contributed by atoms with Crippen LogP contribution in [0.25, 0.3) is 0 Å². The second kappa shape index (κ2) is 8.45. The Hall–Kier alpha value is -3.21. The number of halogens is 3. The lowest BCUT2D eigenvalue weighted by Crippen LogP contribution is -2.24. The summed E-state index contributed by atoms with van der Waals surface area (Å²) in [5.74, 6) is -0.828. The van der Waals surface area contributed by atoms with Crippen molar-refractivity contribution >= 4 is 11.6 Å². The Morgan fingerprint density at radius 3 is 2.52 bits per heavy atom. The smallest absolute Gasteiger partial charge is 0.416 e. The van der Waals surface area contributed by atoms with Gasteiger partial charge in [-0.1, -0.05) is 6.07 Å². The quantitative estimate of drug-likeness (QED) is 0.823. The molecule has 0 aliphatic rings. The maximum absolute atomic E-state index is 12.8. The average molecular weight is 378 g/mol. The zero-order valence-electron chi connectivity index (χ0n) is 14.6. The molecule has 0 heterocycles. The van der Waals surface area contributed by atoms with E-state index in [9.17, 15) is 23.2 Å². The van der Waals surface area contributed by atoms with Gasteiger partial charge in [-0.15, -0.1) is 0 Å². The van der Waals surface area contributed by atoms with Crippen LogP contribution in [0, 0.1) is 17.2 Å². The van der Waals surface area contributed by atoms with Crippen molar-refractivity contribution in [2.24, 2.45) is 5.92 Å². The van der Waals surface area contributed by atoms with E-state index >= 15 is 0 Å². The maximum Gasteiger partial charge on any atom is 0.416 e. The molecule has 8 heteroatoms. The Morgan fingerprint density at radius 1 is 1.19 bits per heavy atom. The number of hydrogen-bond donors (Lipinski definition) is 1. The number of methoxy groups -OCH3 is 2. The molecule has 0 radical (unpaired) electrons. The predicted molar refractivity (Wildman–Crippen MR) is 92.4 cm³/mol. The van der Waals surface area contributed by atoms with Gasteiger partial charge in [0, 0.05) is 12.1 Å². The molecule has 1 amide bonds. The molecule has 0 aromatic heterocycles. The number of benzene rings is 2. The third-order valence-corrected chi connectivity index (χ3v) is 3.84. The van der Waals surface area contributed by atoms with Gasteiger partial charge in [0.25, 0.3) is 0 Å². The summed E-state index contributed by atoms with van der Waals surface area (Å²) in [5.41, 5.74) is -0.349. The molecule has 0 spiro atoms. The number of nitrogens with zero attached hydrogens (tertiary/aromatic N) is 1. The molecule has 2 rings (SSSR count). The summed E-state index contributed by atoms with van der Waals surface area (Å²) in [4.78, 5) is 12.4. The van der Waals surface area contributed by atoms with Gasteiger partial charge in [0.15, 0.2) is 0 Å². The first kappa shape index (κ1) is 20.1. The van der Waals surface area contributed by atoms with Gasteiger partial charge in [0.2, 0.25) is 5.91 Å². The standard InChI is InChI=1S/C19H17F3N2O3/c1-26-16-6-7-17(27-2)12(9-16)8-13(11-23)18(25)24-15-5-3-4-14(10-15)19(20,21)22/h3-7,9-10,13H,8H2,1-2H3,(H,24,25). The summed E-state index contributed by atoms with van der Waals surface area (Å²) in [6, 6.07) is 11.1. The van der Waals surface area contributed by atoms with Gasteiger partial charge >= 0.3 is 6.18 Å². The number of ether oxygens (including phenoxy) is 2. The molecule has 1 unspecified atom stereocenters. The highest BCUT2D eigenvalue weighted by atomic mass is 19.4. The Bertz CT molecular complexity index is 860. The van der Waals surface area contributed by atoms with Gasteiger partial charge in [0.1, 0.15) is 17.4 Å². The zero-order chi connectivity index (χ0) is 20.0. The molecule has 1 atom stereocenters. The van der Waals surface area contributed by atoms with Gasteiger partial charge in [0.05, 0.1) is 25.9 Å². The molecule has 2 aromatic rings. The van der Waals surface area contributed by atoms with Crippen LogP contribution >= 0.6 is 0 Å². The van der Waals surface area contributed by atoms with Crippen LogP contribution in [0.2, 0.25) is 0 Å².